The van der Waals surface area contributed by atoms with Crippen LogP contribution in [0, 0.1) is 0 Å². The maximum absolute atomic E-state index is 5.87. The lowest BCUT2D eigenvalue weighted by molar-refractivity contribution is 0.414. The molecule has 0 amide bonds. The van der Waals surface area contributed by atoms with Crippen molar-refractivity contribution in [3.8, 4) is 5.75 Å². The summed E-state index contributed by atoms with van der Waals surface area (Å²) < 4.78 is 5.15. The van der Waals surface area contributed by atoms with E-state index >= 15 is 0 Å². The average molecular weight is 281 g/mol. The van der Waals surface area contributed by atoms with Crippen molar-refractivity contribution in [1.29, 1.82) is 0 Å². The van der Waals surface area contributed by atoms with Crippen LogP contribution in [0.3, 0.4) is 0 Å². The molecule has 0 aliphatic rings. The van der Waals surface area contributed by atoms with E-state index in [1.54, 1.807) is 13.3 Å². The number of nitrogen functional groups attached to an aromatic ring is 2. The van der Waals surface area contributed by atoms with Crippen LogP contribution in [0.25, 0.3) is 11.0 Å². The van der Waals surface area contributed by atoms with Gasteiger partial charge in [-0.05, 0) is 35.7 Å². The van der Waals surface area contributed by atoms with Gasteiger partial charge < -0.3 is 16.2 Å². The molecule has 2 aromatic heterocycles. The first kappa shape index (κ1) is 13.1. The van der Waals surface area contributed by atoms with Gasteiger partial charge in [0.2, 0.25) is 5.95 Å². The van der Waals surface area contributed by atoms with Crippen molar-refractivity contribution < 1.29 is 4.74 Å². The van der Waals surface area contributed by atoms with E-state index in [1.807, 2.05) is 30.3 Å². The predicted octanol–water partition coefficient (Wildman–Crippen LogP) is 1.79. The fourth-order valence-electron chi connectivity index (χ4n) is 2.17. The van der Waals surface area contributed by atoms with Gasteiger partial charge in [-0.2, -0.15) is 9.97 Å². The highest BCUT2D eigenvalue weighted by Crippen LogP contribution is 2.20. The number of fused-ring (bicyclic) bond motifs is 1. The molecule has 0 aliphatic heterocycles. The zero-order valence-corrected chi connectivity index (χ0v) is 11.6. The van der Waals surface area contributed by atoms with Crippen molar-refractivity contribution in [2.24, 2.45) is 0 Å². The Morgan fingerprint density at radius 1 is 1.05 bits per heavy atom. The van der Waals surface area contributed by atoms with Gasteiger partial charge in [0.25, 0.3) is 0 Å². The van der Waals surface area contributed by atoms with Gasteiger partial charge in [0.15, 0.2) is 5.65 Å². The van der Waals surface area contributed by atoms with Crippen LogP contribution in [0.5, 0.6) is 5.75 Å². The zero-order valence-electron chi connectivity index (χ0n) is 11.6. The molecule has 3 aromatic rings. The molecule has 0 unspecified atom stereocenters. The lowest BCUT2D eigenvalue weighted by Gasteiger charge is -2.06. The number of pyridine rings is 1. The molecule has 0 saturated heterocycles. The smallest absolute Gasteiger partial charge is 0.224 e. The van der Waals surface area contributed by atoms with Crippen LogP contribution in [0.1, 0.15) is 11.1 Å². The summed E-state index contributed by atoms with van der Waals surface area (Å²) in [7, 11) is 1.65. The Hall–Kier alpha value is -2.89. The monoisotopic (exact) mass is 281 g/mol. The number of benzene rings is 1. The van der Waals surface area contributed by atoms with Crippen LogP contribution in [-0.2, 0) is 6.42 Å². The number of ether oxygens (including phenoxy) is 1. The summed E-state index contributed by atoms with van der Waals surface area (Å²) >= 11 is 0. The minimum Gasteiger partial charge on any atom is -0.497 e. The van der Waals surface area contributed by atoms with Crippen molar-refractivity contribution in [1.82, 2.24) is 15.0 Å². The van der Waals surface area contributed by atoms with Crippen LogP contribution in [-0.4, -0.2) is 22.1 Å². The first-order chi connectivity index (χ1) is 10.2. The number of methoxy groups -OCH3 is 1. The maximum Gasteiger partial charge on any atom is 0.224 e. The standard InChI is InChI=1S/C15H15N5O/c1-21-11-4-2-9(3-5-11)6-10-7-12-13(16)19-15(17)20-14(12)18-8-10/h2-5,7-8H,6H2,1H3,(H4,16,17,18,19,20). The van der Waals surface area contributed by atoms with E-state index in [0.717, 1.165) is 28.7 Å². The summed E-state index contributed by atoms with van der Waals surface area (Å²) in [6.45, 7) is 0. The van der Waals surface area contributed by atoms with E-state index in [0.29, 0.717) is 11.5 Å². The van der Waals surface area contributed by atoms with Crippen molar-refractivity contribution in [2.45, 2.75) is 6.42 Å². The largest absolute Gasteiger partial charge is 0.497 e. The van der Waals surface area contributed by atoms with Gasteiger partial charge in [-0.3, -0.25) is 0 Å². The Kier molecular flexibility index (Phi) is 3.27. The molecular weight excluding hydrogens is 266 g/mol. The molecule has 4 N–H and O–H groups in total. The van der Waals surface area contributed by atoms with E-state index in [2.05, 4.69) is 15.0 Å². The number of hydrogen-bond acceptors (Lipinski definition) is 6. The molecule has 0 radical (unpaired) electrons. The number of aromatic nitrogens is 3. The molecule has 21 heavy (non-hydrogen) atoms. The average Bonchev–Trinajstić information content (AvgIpc) is 2.48. The highest BCUT2D eigenvalue weighted by Gasteiger charge is 2.06. The summed E-state index contributed by atoms with van der Waals surface area (Å²) in [4.78, 5) is 12.3. The zero-order chi connectivity index (χ0) is 14.8. The second-order valence-corrected chi connectivity index (χ2v) is 4.71. The number of nitrogens with zero attached hydrogens (tertiary/aromatic N) is 3. The van der Waals surface area contributed by atoms with Gasteiger partial charge in [0.05, 0.1) is 12.5 Å². The minimum absolute atomic E-state index is 0.135. The Morgan fingerprint density at radius 3 is 2.52 bits per heavy atom. The topological polar surface area (TPSA) is 99.9 Å². The van der Waals surface area contributed by atoms with E-state index in [9.17, 15) is 0 Å². The minimum atomic E-state index is 0.135. The van der Waals surface area contributed by atoms with Crippen LogP contribution in [0.2, 0.25) is 0 Å². The fraction of sp³-hybridized carbons (Fsp3) is 0.133. The maximum atomic E-state index is 5.87. The van der Waals surface area contributed by atoms with Crippen molar-refractivity contribution in [3.05, 3.63) is 47.7 Å². The molecule has 2 heterocycles. The number of nitrogens with two attached hydrogens (primary N) is 2. The molecule has 106 valence electrons. The van der Waals surface area contributed by atoms with Gasteiger partial charge >= 0.3 is 0 Å². The van der Waals surface area contributed by atoms with E-state index in [-0.39, 0.29) is 5.95 Å². The summed E-state index contributed by atoms with van der Waals surface area (Å²) in [5.74, 6) is 1.32. The van der Waals surface area contributed by atoms with Crippen LogP contribution >= 0.6 is 0 Å². The molecule has 0 fully saturated rings. The van der Waals surface area contributed by atoms with Crippen molar-refractivity contribution in [2.75, 3.05) is 18.6 Å². The summed E-state index contributed by atoms with van der Waals surface area (Å²) in [6, 6.07) is 9.85. The summed E-state index contributed by atoms with van der Waals surface area (Å²) in [5, 5.41) is 0.718. The SMILES string of the molecule is COc1ccc(Cc2cnc3nc(N)nc(N)c3c2)cc1. The van der Waals surface area contributed by atoms with Gasteiger partial charge in [0.1, 0.15) is 11.6 Å². The third kappa shape index (κ3) is 2.69. The molecule has 0 atom stereocenters. The number of anilines is 2. The first-order valence-electron chi connectivity index (χ1n) is 6.46. The lowest BCUT2D eigenvalue weighted by Crippen LogP contribution is -2.02. The van der Waals surface area contributed by atoms with Crippen LogP contribution in [0.15, 0.2) is 36.5 Å². The quantitative estimate of drug-likeness (QED) is 0.759. The molecule has 6 nitrogen and oxygen atoms in total. The molecule has 0 bridgehead atoms. The molecular formula is C15H15N5O. The number of hydrogen-bond donors (Lipinski definition) is 2. The molecule has 3 rings (SSSR count). The molecule has 1 aromatic carbocycles. The predicted molar refractivity (Wildman–Crippen MR) is 82.0 cm³/mol. The van der Waals surface area contributed by atoms with Gasteiger partial charge in [-0.25, -0.2) is 4.98 Å². The Bertz CT molecular complexity index is 786. The van der Waals surface area contributed by atoms with E-state index in [4.69, 9.17) is 16.2 Å². The second-order valence-electron chi connectivity index (χ2n) is 4.71. The van der Waals surface area contributed by atoms with Gasteiger partial charge in [-0.15, -0.1) is 0 Å². The molecule has 0 spiro atoms. The van der Waals surface area contributed by atoms with Crippen LogP contribution in [0.4, 0.5) is 11.8 Å². The first-order valence-corrected chi connectivity index (χ1v) is 6.46. The van der Waals surface area contributed by atoms with Gasteiger partial charge in [0, 0.05) is 6.20 Å². The van der Waals surface area contributed by atoms with Gasteiger partial charge in [-0.1, -0.05) is 12.1 Å². The summed E-state index contributed by atoms with van der Waals surface area (Å²) in [5.41, 5.74) is 14.1. The highest BCUT2D eigenvalue weighted by molar-refractivity contribution is 5.86. The molecule has 0 saturated carbocycles. The second kappa shape index (κ2) is 5.24. The Labute approximate surface area is 121 Å². The Morgan fingerprint density at radius 2 is 1.81 bits per heavy atom. The fourth-order valence-corrected chi connectivity index (χ4v) is 2.17. The van der Waals surface area contributed by atoms with Crippen molar-refractivity contribution >= 4 is 22.8 Å². The number of rotatable bonds is 3. The third-order valence-electron chi connectivity index (χ3n) is 3.22. The molecule has 6 heteroatoms. The Balaban J connectivity index is 1.93. The molecule has 0 aliphatic carbocycles. The highest BCUT2D eigenvalue weighted by atomic mass is 16.5. The third-order valence-corrected chi connectivity index (χ3v) is 3.22. The summed E-state index contributed by atoms with van der Waals surface area (Å²) in [6.07, 6.45) is 2.52. The van der Waals surface area contributed by atoms with Crippen LogP contribution < -0.4 is 16.2 Å². The van der Waals surface area contributed by atoms with Crippen molar-refractivity contribution in [3.63, 3.8) is 0 Å². The van der Waals surface area contributed by atoms with E-state index in [1.165, 1.54) is 0 Å². The lowest BCUT2D eigenvalue weighted by atomic mass is 10.1. The normalized spacial score (nSPS) is 10.7. The van der Waals surface area contributed by atoms with E-state index < -0.39 is 0 Å².